The van der Waals surface area contributed by atoms with Crippen molar-refractivity contribution in [3.63, 3.8) is 0 Å². The Morgan fingerprint density at radius 2 is 1.77 bits per heavy atom. The molecule has 0 saturated heterocycles. The molecule has 9 nitrogen and oxygen atoms in total. The van der Waals surface area contributed by atoms with Gasteiger partial charge in [-0.3, -0.25) is 9.20 Å². The van der Waals surface area contributed by atoms with Gasteiger partial charge in [0.2, 0.25) is 0 Å². The number of aromatic nitrogens is 3. The quantitative estimate of drug-likeness (QED) is 0.376. The first-order valence-electron chi connectivity index (χ1n) is 10.7. The SMILES string of the molecule is O=C(Nc1cccc(Cn2nc3ccccn3c2=O)c1)c1occc1CS(=O)(=O)c1ccccc1. The Morgan fingerprint density at radius 3 is 2.57 bits per heavy atom. The van der Waals surface area contributed by atoms with Crippen molar-refractivity contribution in [3.8, 4) is 0 Å². The minimum Gasteiger partial charge on any atom is -0.459 e. The molecule has 2 aromatic carbocycles. The van der Waals surface area contributed by atoms with E-state index in [1.165, 1.54) is 33.5 Å². The van der Waals surface area contributed by atoms with Crippen molar-refractivity contribution in [2.24, 2.45) is 0 Å². The first-order chi connectivity index (χ1) is 16.9. The highest BCUT2D eigenvalue weighted by Crippen LogP contribution is 2.21. The number of benzene rings is 2. The fourth-order valence-electron chi connectivity index (χ4n) is 3.74. The zero-order valence-corrected chi connectivity index (χ0v) is 19.2. The third-order valence-corrected chi connectivity index (χ3v) is 7.09. The first-order valence-corrected chi connectivity index (χ1v) is 12.3. The van der Waals surface area contributed by atoms with Crippen molar-refractivity contribution in [1.82, 2.24) is 14.2 Å². The number of sulfone groups is 1. The van der Waals surface area contributed by atoms with Gasteiger partial charge in [-0.15, -0.1) is 5.10 Å². The van der Waals surface area contributed by atoms with Gasteiger partial charge in [-0.1, -0.05) is 36.4 Å². The molecule has 176 valence electrons. The minimum atomic E-state index is -3.65. The summed E-state index contributed by atoms with van der Waals surface area (Å²) >= 11 is 0. The van der Waals surface area contributed by atoms with Crippen LogP contribution in [0.25, 0.3) is 5.65 Å². The summed E-state index contributed by atoms with van der Waals surface area (Å²) in [6.45, 7) is 0.214. The summed E-state index contributed by atoms with van der Waals surface area (Å²) in [5.41, 5.74) is 1.75. The number of nitrogens with zero attached hydrogens (tertiary/aromatic N) is 3. The van der Waals surface area contributed by atoms with Gasteiger partial charge in [0.15, 0.2) is 21.2 Å². The number of carbonyl (C=O) groups is 1. The standard InChI is InChI=1S/C25H20N4O5S/c30-24(23-19(12-14-34-23)17-35(32,33)21-9-2-1-3-10-21)26-20-8-6-7-18(15-20)16-29-25(31)28-13-5-4-11-22(28)27-29/h1-15H,16-17H2,(H,26,30). The van der Waals surface area contributed by atoms with Crippen molar-refractivity contribution >= 4 is 27.1 Å². The van der Waals surface area contributed by atoms with Crippen LogP contribution in [0.5, 0.6) is 0 Å². The number of pyridine rings is 1. The summed E-state index contributed by atoms with van der Waals surface area (Å²) in [7, 11) is -3.65. The van der Waals surface area contributed by atoms with Gasteiger partial charge in [0, 0.05) is 17.4 Å². The van der Waals surface area contributed by atoms with Crippen LogP contribution < -0.4 is 11.0 Å². The predicted octanol–water partition coefficient (Wildman–Crippen LogP) is 3.36. The molecule has 1 amide bonds. The third kappa shape index (κ3) is 4.64. The molecule has 10 heteroatoms. The molecule has 3 aromatic heterocycles. The molecule has 0 bridgehead atoms. The molecule has 0 fully saturated rings. The molecule has 0 radical (unpaired) electrons. The fourth-order valence-corrected chi connectivity index (χ4v) is 5.12. The second-order valence-electron chi connectivity index (χ2n) is 7.87. The van der Waals surface area contributed by atoms with Gasteiger partial charge >= 0.3 is 5.69 Å². The number of carbonyl (C=O) groups excluding carboxylic acids is 1. The van der Waals surface area contributed by atoms with Crippen LogP contribution in [0.15, 0.2) is 105 Å². The van der Waals surface area contributed by atoms with Crippen LogP contribution in [0.1, 0.15) is 21.7 Å². The molecule has 0 spiro atoms. The number of anilines is 1. The lowest BCUT2D eigenvalue weighted by Crippen LogP contribution is -2.21. The Labute approximate surface area is 200 Å². The maximum atomic E-state index is 12.9. The van der Waals surface area contributed by atoms with E-state index < -0.39 is 15.7 Å². The molecule has 3 heterocycles. The van der Waals surface area contributed by atoms with Crippen LogP contribution in [-0.4, -0.2) is 28.5 Å². The maximum absolute atomic E-state index is 12.9. The van der Waals surface area contributed by atoms with Gasteiger partial charge in [-0.2, -0.15) is 0 Å². The van der Waals surface area contributed by atoms with Gasteiger partial charge in [-0.05, 0) is 48.0 Å². The molecular formula is C25H20N4O5S. The highest BCUT2D eigenvalue weighted by molar-refractivity contribution is 7.90. The van der Waals surface area contributed by atoms with E-state index in [4.69, 9.17) is 4.42 Å². The van der Waals surface area contributed by atoms with Gasteiger partial charge in [0.05, 0.1) is 23.5 Å². The van der Waals surface area contributed by atoms with Crippen molar-refractivity contribution in [3.05, 3.63) is 119 Å². The maximum Gasteiger partial charge on any atom is 0.350 e. The zero-order chi connectivity index (χ0) is 24.4. The molecule has 35 heavy (non-hydrogen) atoms. The van der Waals surface area contributed by atoms with Crippen molar-refractivity contribution in [2.45, 2.75) is 17.2 Å². The molecule has 0 unspecified atom stereocenters. The molecular weight excluding hydrogens is 468 g/mol. The number of rotatable bonds is 7. The van der Waals surface area contributed by atoms with Crippen molar-refractivity contribution in [1.29, 1.82) is 0 Å². The molecule has 0 atom stereocenters. The minimum absolute atomic E-state index is 0.0773. The number of hydrogen-bond acceptors (Lipinski definition) is 6. The van der Waals surface area contributed by atoms with Gasteiger partial charge in [0.25, 0.3) is 5.91 Å². The Bertz CT molecular complexity index is 1680. The highest BCUT2D eigenvalue weighted by Gasteiger charge is 2.22. The average Bonchev–Trinajstić information content (AvgIpc) is 3.44. The normalized spacial score (nSPS) is 11.5. The third-order valence-electron chi connectivity index (χ3n) is 5.41. The fraction of sp³-hybridized carbons (Fsp3) is 0.0800. The smallest absolute Gasteiger partial charge is 0.350 e. The Hall–Kier alpha value is -4.44. The van der Waals surface area contributed by atoms with E-state index in [0.29, 0.717) is 11.3 Å². The van der Waals surface area contributed by atoms with E-state index in [0.717, 1.165) is 5.56 Å². The average molecular weight is 489 g/mol. The topological polar surface area (TPSA) is 116 Å². The summed E-state index contributed by atoms with van der Waals surface area (Å²) < 4.78 is 33.6. The summed E-state index contributed by atoms with van der Waals surface area (Å²) in [6, 6.07) is 21.8. The van der Waals surface area contributed by atoms with E-state index in [2.05, 4.69) is 10.4 Å². The molecule has 1 N–H and O–H groups in total. The Balaban J connectivity index is 1.33. The van der Waals surface area contributed by atoms with E-state index >= 15 is 0 Å². The largest absolute Gasteiger partial charge is 0.459 e. The molecule has 0 saturated carbocycles. The molecule has 0 aliphatic heterocycles. The van der Waals surface area contributed by atoms with Crippen LogP contribution in [0.2, 0.25) is 0 Å². The summed E-state index contributed by atoms with van der Waals surface area (Å²) in [5, 5.41) is 7.05. The van der Waals surface area contributed by atoms with Crippen LogP contribution in [0.3, 0.4) is 0 Å². The molecule has 0 aliphatic rings. The monoisotopic (exact) mass is 488 g/mol. The zero-order valence-electron chi connectivity index (χ0n) is 18.4. The Morgan fingerprint density at radius 1 is 0.971 bits per heavy atom. The van der Waals surface area contributed by atoms with Crippen LogP contribution in [-0.2, 0) is 22.1 Å². The van der Waals surface area contributed by atoms with E-state index in [9.17, 15) is 18.0 Å². The van der Waals surface area contributed by atoms with Crippen LogP contribution in [0, 0.1) is 0 Å². The van der Waals surface area contributed by atoms with Crippen LogP contribution >= 0.6 is 0 Å². The number of furan rings is 1. The summed E-state index contributed by atoms with van der Waals surface area (Å²) in [6.07, 6.45) is 2.94. The van der Waals surface area contributed by atoms with E-state index in [1.807, 2.05) is 6.07 Å². The predicted molar refractivity (Wildman–Crippen MR) is 129 cm³/mol. The van der Waals surface area contributed by atoms with Crippen LogP contribution in [0.4, 0.5) is 5.69 Å². The first kappa shape index (κ1) is 22.4. The van der Waals surface area contributed by atoms with Gasteiger partial charge < -0.3 is 9.73 Å². The van der Waals surface area contributed by atoms with E-state index in [1.54, 1.807) is 60.8 Å². The van der Waals surface area contributed by atoms with Gasteiger partial charge in [-0.25, -0.2) is 17.9 Å². The number of amides is 1. The number of fused-ring (bicyclic) bond motifs is 1. The lowest BCUT2D eigenvalue weighted by atomic mass is 10.2. The van der Waals surface area contributed by atoms with Crippen molar-refractivity contribution in [2.75, 3.05) is 5.32 Å². The lowest BCUT2D eigenvalue weighted by molar-refractivity contribution is 0.0996. The lowest BCUT2D eigenvalue weighted by Gasteiger charge is -2.08. The Kier molecular flexibility index (Phi) is 5.79. The summed E-state index contributed by atoms with van der Waals surface area (Å²) in [4.78, 5) is 25.6. The molecule has 0 aliphatic carbocycles. The second-order valence-corrected chi connectivity index (χ2v) is 9.86. The molecule has 5 rings (SSSR count). The van der Waals surface area contributed by atoms with Crippen molar-refractivity contribution < 1.29 is 17.6 Å². The number of nitrogens with one attached hydrogen (secondary N) is 1. The van der Waals surface area contributed by atoms with Gasteiger partial charge in [0.1, 0.15) is 0 Å². The number of hydrogen-bond donors (Lipinski definition) is 1. The second kappa shape index (κ2) is 9.07. The summed E-state index contributed by atoms with van der Waals surface area (Å²) in [5.74, 6) is -1.02. The molecule has 5 aromatic rings. The van der Waals surface area contributed by atoms with E-state index in [-0.39, 0.29) is 34.2 Å². The highest BCUT2D eigenvalue weighted by atomic mass is 32.2.